The van der Waals surface area contributed by atoms with Gasteiger partial charge in [-0.15, -0.1) is 0 Å². The van der Waals surface area contributed by atoms with Crippen LogP contribution in [0.4, 0.5) is 10.1 Å². The first kappa shape index (κ1) is 13.8. The molecule has 0 bridgehead atoms. The molecule has 2 aromatic rings. The molecule has 1 heterocycles. The molecule has 1 fully saturated rings. The fourth-order valence-corrected chi connectivity index (χ4v) is 2.74. The first-order valence-electron chi connectivity index (χ1n) is 7.05. The van der Waals surface area contributed by atoms with Gasteiger partial charge in [0.1, 0.15) is 11.9 Å². The maximum atomic E-state index is 14.0. The molecule has 108 valence electrons. The highest BCUT2D eigenvalue weighted by Crippen LogP contribution is 2.39. The number of aryl methyl sites for hydroxylation is 1. The summed E-state index contributed by atoms with van der Waals surface area (Å²) in [6.07, 6.45) is 0.935. The molecular formula is C17H17FN2O. The van der Waals surface area contributed by atoms with Crippen molar-refractivity contribution in [2.24, 2.45) is 5.73 Å². The quantitative estimate of drug-likeness (QED) is 0.881. The molecule has 21 heavy (non-hydrogen) atoms. The van der Waals surface area contributed by atoms with Gasteiger partial charge >= 0.3 is 0 Å². The van der Waals surface area contributed by atoms with Crippen LogP contribution < -0.4 is 10.6 Å². The number of anilines is 1. The maximum absolute atomic E-state index is 14.0. The van der Waals surface area contributed by atoms with Gasteiger partial charge in [0.15, 0.2) is 0 Å². The van der Waals surface area contributed by atoms with Gasteiger partial charge in [0.25, 0.3) is 0 Å². The highest BCUT2D eigenvalue weighted by molar-refractivity contribution is 6.05. The molecule has 3 rings (SSSR count). The fourth-order valence-electron chi connectivity index (χ4n) is 2.74. The van der Waals surface area contributed by atoms with Gasteiger partial charge in [0.05, 0.1) is 6.04 Å². The number of hydrogen-bond acceptors (Lipinski definition) is 2. The third kappa shape index (κ3) is 2.21. The predicted octanol–water partition coefficient (Wildman–Crippen LogP) is 2.80. The number of carbonyl (C=O) groups is 1. The molecule has 3 nitrogen and oxygen atoms in total. The van der Waals surface area contributed by atoms with Crippen molar-refractivity contribution in [3.63, 3.8) is 0 Å². The summed E-state index contributed by atoms with van der Waals surface area (Å²) in [6.45, 7) is 2.07. The van der Waals surface area contributed by atoms with E-state index in [0.717, 1.165) is 12.1 Å². The normalized spacial score (nSPS) is 21.3. The lowest BCUT2D eigenvalue weighted by molar-refractivity contribution is -0.126. The predicted molar refractivity (Wildman–Crippen MR) is 80.4 cm³/mol. The lowest BCUT2D eigenvalue weighted by atomic mass is 9.88. The van der Waals surface area contributed by atoms with E-state index in [9.17, 15) is 9.18 Å². The van der Waals surface area contributed by atoms with Crippen molar-refractivity contribution < 1.29 is 9.18 Å². The van der Waals surface area contributed by atoms with E-state index in [4.69, 9.17) is 5.73 Å². The number of nitrogens with two attached hydrogens (primary N) is 1. The molecule has 0 aliphatic carbocycles. The molecule has 2 aromatic carbocycles. The monoisotopic (exact) mass is 284 g/mol. The molecule has 0 spiro atoms. The summed E-state index contributed by atoms with van der Waals surface area (Å²) < 4.78 is 14.0. The molecular weight excluding hydrogens is 267 g/mol. The number of carbonyl (C=O) groups excluding carboxylic acids is 1. The zero-order valence-electron chi connectivity index (χ0n) is 11.8. The highest BCUT2D eigenvalue weighted by atomic mass is 19.1. The summed E-state index contributed by atoms with van der Waals surface area (Å²) in [5.41, 5.74) is 8.30. The highest BCUT2D eigenvalue weighted by Gasteiger charge is 2.47. The summed E-state index contributed by atoms with van der Waals surface area (Å²) in [5.74, 6) is -0.506. The molecule has 1 amide bonds. The van der Waals surface area contributed by atoms with Gasteiger partial charge in [-0.2, -0.15) is 0 Å². The Balaban J connectivity index is 1.96. The third-order valence-electron chi connectivity index (χ3n) is 3.99. The topological polar surface area (TPSA) is 46.3 Å². The minimum Gasteiger partial charge on any atom is -0.318 e. The van der Waals surface area contributed by atoms with Crippen LogP contribution in [-0.2, 0) is 11.2 Å². The van der Waals surface area contributed by atoms with Gasteiger partial charge in [0, 0.05) is 11.3 Å². The Hall–Kier alpha value is -2.20. The number of β-lactam (4-membered cyclic amide) rings is 1. The first-order valence-corrected chi connectivity index (χ1v) is 7.05. The van der Waals surface area contributed by atoms with Gasteiger partial charge in [0.2, 0.25) is 5.91 Å². The van der Waals surface area contributed by atoms with Crippen LogP contribution >= 0.6 is 0 Å². The SMILES string of the molecule is CCc1ccc(N2C(=O)[C@H](N)[C@H]2c2ccccc2F)cc1. The van der Waals surface area contributed by atoms with E-state index >= 15 is 0 Å². The second kappa shape index (κ2) is 5.30. The largest absolute Gasteiger partial charge is 0.318 e. The number of halogens is 1. The van der Waals surface area contributed by atoms with E-state index in [1.807, 2.05) is 24.3 Å². The first-order chi connectivity index (χ1) is 10.1. The van der Waals surface area contributed by atoms with E-state index in [1.54, 1.807) is 23.1 Å². The summed E-state index contributed by atoms with van der Waals surface area (Å²) in [6, 6.07) is 13.1. The van der Waals surface area contributed by atoms with Gasteiger partial charge in [-0.05, 0) is 30.2 Å². The van der Waals surface area contributed by atoms with Crippen molar-refractivity contribution >= 4 is 11.6 Å². The average Bonchev–Trinajstić information content (AvgIpc) is 2.53. The van der Waals surface area contributed by atoms with Crippen molar-refractivity contribution in [2.75, 3.05) is 4.90 Å². The molecule has 0 radical (unpaired) electrons. The van der Waals surface area contributed by atoms with Crippen molar-refractivity contribution in [1.29, 1.82) is 0 Å². The van der Waals surface area contributed by atoms with Crippen LogP contribution in [0.25, 0.3) is 0 Å². The maximum Gasteiger partial charge on any atom is 0.247 e. The van der Waals surface area contributed by atoms with Crippen LogP contribution in [0.1, 0.15) is 24.1 Å². The fraction of sp³-hybridized carbons (Fsp3) is 0.235. The molecule has 4 heteroatoms. The zero-order valence-corrected chi connectivity index (χ0v) is 11.8. The average molecular weight is 284 g/mol. The number of benzene rings is 2. The molecule has 0 unspecified atom stereocenters. The third-order valence-corrected chi connectivity index (χ3v) is 3.99. The summed E-state index contributed by atoms with van der Waals surface area (Å²) in [4.78, 5) is 13.7. The Labute approximate surface area is 123 Å². The van der Waals surface area contributed by atoms with Crippen LogP contribution in [-0.4, -0.2) is 11.9 Å². The van der Waals surface area contributed by atoms with E-state index in [2.05, 4.69) is 6.92 Å². The van der Waals surface area contributed by atoms with Crippen LogP contribution in [0.15, 0.2) is 48.5 Å². The van der Waals surface area contributed by atoms with Crippen LogP contribution in [0.3, 0.4) is 0 Å². The van der Waals surface area contributed by atoms with E-state index in [-0.39, 0.29) is 11.7 Å². The molecule has 1 aliphatic rings. The zero-order chi connectivity index (χ0) is 15.0. The van der Waals surface area contributed by atoms with Gasteiger partial charge in [-0.3, -0.25) is 4.79 Å². The standard InChI is InChI=1S/C17H17FN2O/c1-2-11-7-9-12(10-8-11)20-16(15(19)17(20)21)13-5-3-4-6-14(13)18/h3-10,15-16H,2,19H2,1H3/t15-,16-/m1/s1. The Bertz CT molecular complexity index is 669. The minimum atomic E-state index is -0.687. The summed E-state index contributed by atoms with van der Waals surface area (Å²) in [5, 5.41) is 0. The molecule has 2 atom stereocenters. The van der Waals surface area contributed by atoms with Crippen molar-refractivity contribution in [3.8, 4) is 0 Å². The van der Waals surface area contributed by atoms with E-state index in [1.165, 1.54) is 11.6 Å². The Morgan fingerprint density at radius 3 is 2.43 bits per heavy atom. The molecule has 1 saturated heterocycles. The molecule has 0 saturated carbocycles. The Morgan fingerprint density at radius 2 is 1.81 bits per heavy atom. The van der Waals surface area contributed by atoms with Crippen LogP contribution in [0.5, 0.6) is 0 Å². The lowest BCUT2D eigenvalue weighted by Gasteiger charge is -2.45. The second-order valence-corrected chi connectivity index (χ2v) is 5.22. The van der Waals surface area contributed by atoms with Crippen molar-refractivity contribution in [3.05, 3.63) is 65.5 Å². The second-order valence-electron chi connectivity index (χ2n) is 5.22. The summed E-state index contributed by atoms with van der Waals surface area (Å²) in [7, 11) is 0. The van der Waals surface area contributed by atoms with Crippen molar-refractivity contribution in [1.82, 2.24) is 0 Å². The van der Waals surface area contributed by atoms with Gasteiger partial charge < -0.3 is 10.6 Å². The Morgan fingerprint density at radius 1 is 1.14 bits per heavy atom. The van der Waals surface area contributed by atoms with Crippen molar-refractivity contribution in [2.45, 2.75) is 25.4 Å². The van der Waals surface area contributed by atoms with E-state index in [0.29, 0.717) is 5.56 Å². The molecule has 1 aliphatic heterocycles. The number of nitrogens with zero attached hydrogens (tertiary/aromatic N) is 1. The Kier molecular flexibility index (Phi) is 3.47. The molecule has 0 aromatic heterocycles. The van der Waals surface area contributed by atoms with Gasteiger partial charge in [-0.1, -0.05) is 37.3 Å². The number of rotatable bonds is 3. The van der Waals surface area contributed by atoms with Crippen LogP contribution in [0.2, 0.25) is 0 Å². The summed E-state index contributed by atoms with van der Waals surface area (Å²) >= 11 is 0. The number of hydrogen-bond donors (Lipinski definition) is 1. The lowest BCUT2D eigenvalue weighted by Crippen LogP contribution is -2.63. The van der Waals surface area contributed by atoms with E-state index < -0.39 is 12.1 Å². The number of amides is 1. The van der Waals surface area contributed by atoms with Crippen LogP contribution in [0, 0.1) is 5.82 Å². The smallest absolute Gasteiger partial charge is 0.247 e. The van der Waals surface area contributed by atoms with Gasteiger partial charge in [-0.25, -0.2) is 4.39 Å². The molecule has 2 N–H and O–H groups in total. The minimum absolute atomic E-state index is 0.174.